The van der Waals surface area contributed by atoms with Crippen molar-refractivity contribution in [3.63, 3.8) is 0 Å². The molecule has 0 saturated carbocycles. The molecule has 3 N–H and O–H groups in total. The number of benzene rings is 2. The highest BCUT2D eigenvalue weighted by Crippen LogP contribution is 2.37. The largest absolute Gasteiger partial charge is 0.394 e. The molecule has 0 fully saturated rings. The van der Waals surface area contributed by atoms with E-state index in [1.165, 1.54) is 15.9 Å². The molecular weight excluding hydrogens is 520 g/mol. The number of anilines is 2. The average molecular weight is 547 g/mol. The van der Waals surface area contributed by atoms with Gasteiger partial charge in [0.1, 0.15) is 6.54 Å². The first-order chi connectivity index (χ1) is 18.7. The first-order valence-electron chi connectivity index (χ1n) is 12.3. The number of rotatable bonds is 8. The van der Waals surface area contributed by atoms with Crippen molar-refractivity contribution in [1.82, 2.24) is 35.2 Å². The Balaban J connectivity index is 1.33. The standard InChI is InChI=1S/C27H27ClN8O3/c1-15-5-4-6-17(9-15)22(14-37)31-24(38)13-36-16(2)19-8-7-18(10-20(19)26(36)39)25-21(28)11-29-27(33-25)32-23-12-30-35(3)34-23/h4-12,16,22,37H,13-14H2,1-3H3,(H,31,38)(H,29,32,33,34)/t16?,22-/m1/s1. The number of carbonyl (C=O) groups excluding carboxylic acids is 2. The van der Waals surface area contributed by atoms with Crippen molar-refractivity contribution in [1.29, 1.82) is 0 Å². The van der Waals surface area contributed by atoms with Crippen LogP contribution in [0, 0.1) is 6.92 Å². The molecule has 5 rings (SSSR count). The smallest absolute Gasteiger partial charge is 0.255 e. The molecule has 1 aliphatic rings. The summed E-state index contributed by atoms with van der Waals surface area (Å²) in [4.78, 5) is 38.0. The molecule has 2 aromatic heterocycles. The number of hydrogen-bond donors (Lipinski definition) is 3. The number of aliphatic hydroxyl groups excluding tert-OH is 1. The first kappa shape index (κ1) is 26.3. The molecule has 4 aromatic rings. The lowest BCUT2D eigenvalue weighted by molar-refractivity contribution is -0.123. The summed E-state index contributed by atoms with van der Waals surface area (Å²) in [6, 6.07) is 12.1. The van der Waals surface area contributed by atoms with Gasteiger partial charge in [-0.25, -0.2) is 9.97 Å². The van der Waals surface area contributed by atoms with Crippen molar-refractivity contribution in [2.24, 2.45) is 7.05 Å². The molecule has 0 radical (unpaired) electrons. The van der Waals surface area contributed by atoms with Crippen molar-refractivity contribution in [2.75, 3.05) is 18.5 Å². The predicted molar refractivity (Wildman–Crippen MR) is 145 cm³/mol. The molecule has 0 saturated heterocycles. The van der Waals surface area contributed by atoms with Gasteiger partial charge in [-0.1, -0.05) is 53.6 Å². The Morgan fingerprint density at radius 1 is 1.21 bits per heavy atom. The van der Waals surface area contributed by atoms with Crippen LogP contribution in [-0.4, -0.2) is 59.9 Å². The van der Waals surface area contributed by atoms with Gasteiger partial charge in [0.15, 0.2) is 5.82 Å². The molecule has 39 heavy (non-hydrogen) atoms. The van der Waals surface area contributed by atoms with Crippen molar-refractivity contribution in [3.8, 4) is 11.3 Å². The normalized spacial score (nSPS) is 15.3. The van der Waals surface area contributed by atoms with Gasteiger partial charge in [0.05, 0.1) is 41.8 Å². The summed E-state index contributed by atoms with van der Waals surface area (Å²) in [7, 11) is 1.70. The Morgan fingerprint density at radius 2 is 2.03 bits per heavy atom. The molecular formula is C27H27ClN8O3. The van der Waals surface area contributed by atoms with Crippen LogP contribution >= 0.6 is 11.6 Å². The van der Waals surface area contributed by atoms with Crippen molar-refractivity contribution in [2.45, 2.75) is 25.9 Å². The average Bonchev–Trinajstić information content (AvgIpc) is 3.43. The van der Waals surface area contributed by atoms with Gasteiger partial charge in [-0.3, -0.25) is 9.59 Å². The third kappa shape index (κ3) is 5.45. The summed E-state index contributed by atoms with van der Waals surface area (Å²) in [6.07, 6.45) is 3.02. The minimum atomic E-state index is -0.566. The fourth-order valence-corrected chi connectivity index (χ4v) is 4.82. The fraction of sp³-hybridized carbons (Fsp3) is 0.259. The minimum Gasteiger partial charge on any atom is -0.394 e. The summed E-state index contributed by atoms with van der Waals surface area (Å²) in [5, 5.41) is 24.2. The van der Waals surface area contributed by atoms with E-state index >= 15 is 0 Å². The van der Waals surface area contributed by atoms with E-state index in [2.05, 4.69) is 30.8 Å². The topological polar surface area (TPSA) is 138 Å². The maximum atomic E-state index is 13.4. The summed E-state index contributed by atoms with van der Waals surface area (Å²) in [5.74, 6) is 0.125. The van der Waals surface area contributed by atoms with Crippen molar-refractivity contribution >= 4 is 35.2 Å². The Labute approximate surface area is 229 Å². The lowest BCUT2D eigenvalue weighted by atomic mass is 10.0. The second-order valence-electron chi connectivity index (χ2n) is 9.36. The third-order valence-electron chi connectivity index (χ3n) is 6.60. The number of fused-ring (bicyclic) bond motifs is 1. The Kier molecular flexibility index (Phi) is 7.27. The molecule has 0 spiro atoms. The van der Waals surface area contributed by atoms with Crippen molar-refractivity contribution in [3.05, 3.63) is 82.1 Å². The van der Waals surface area contributed by atoms with E-state index in [9.17, 15) is 14.7 Å². The second-order valence-corrected chi connectivity index (χ2v) is 9.77. The zero-order chi connectivity index (χ0) is 27.7. The highest BCUT2D eigenvalue weighted by atomic mass is 35.5. The van der Waals surface area contributed by atoms with E-state index in [4.69, 9.17) is 11.6 Å². The monoisotopic (exact) mass is 546 g/mol. The fourth-order valence-electron chi connectivity index (χ4n) is 4.62. The Hall–Kier alpha value is -4.35. The zero-order valence-electron chi connectivity index (χ0n) is 21.6. The molecule has 0 aliphatic carbocycles. The van der Waals surface area contributed by atoms with Crippen molar-refractivity contribution < 1.29 is 14.7 Å². The quantitative estimate of drug-likeness (QED) is 0.306. The van der Waals surface area contributed by atoms with Crippen LogP contribution in [0.3, 0.4) is 0 Å². The number of halogens is 1. The minimum absolute atomic E-state index is 0.146. The summed E-state index contributed by atoms with van der Waals surface area (Å²) in [6.45, 7) is 3.42. The van der Waals surface area contributed by atoms with Gasteiger partial charge in [-0.15, -0.1) is 5.10 Å². The van der Waals surface area contributed by atoms with E-state index in [0.717, 1.165) is 16.7 Å². The van der Waals surface area contributed by atoms with E-state index in [1.54, 1.807) is 19.3 Å². The summed E-state index contributed by atoms with van der Waals surface area (Å²) < 4.78 is 0. The summed E-state index contributed by atoms with van der Waals surface area (Å²) >= 11 is 6.42. The lowest BCUT2D eigenvalue weighted by Crippen LogP contribution is -2.41. The van der Waals surface area contributed by atoms with E-state index < -0.39 is 6.04 Å². The number of nitrogens with zero attached hydrogens (tertiary/aromatic N) is 6. The van der Waals surface area contributed by atoms with E-state index in [0.29, 0.717) is 27.7 Å². The number of aromatic nitrogens is 5. The van der Waals surface area contributed by atoms with Crippen LogP contribution in [0.1, 0.15) is 46.1 Å². The second kappa shape index (κ2) is 10.8. The molecule has 2 amide bonds. The third-order valence-corrected chi connectivity index (χ3v) is 6.87. The van der Waals surface area contributed by atoms with Gasteiger partial charge in [0.2, 0.25) is 11.9 Å². The highest BCUT2D eigenvalue weighted by Gasteiger charge is 2.35. The van der Waals surface area contributed by atoms with Crippen LogP contribution in [0.5, 0.6) is 0 Å². The number of carbonyl (C=O) groups is 2. The maximum Gasteiger partial charge on any atom is 0.255 e. The number of nitrogens with one attached hydrogen (secondary N) is 2. The number of aliphatic hydroxyl groups is 1. The van der Waals surface area contributed by atoms with Crippen LogP contribution in [0.15, 0.2) is 54.9 Å². The molecule has 12 heteroatoms. The van der Waals surface area contributed by atoms with Gasteiger partial charge in [0.25, 0.3) is 5.91 Å². The molecule has 11 nitrogen and oxygen atoms in total. The maximum absolute atomic E-state index is 13.4. The lowest BCUT2D eigenvalue weighted by Gasteiger charge is -2.23. The predicted octanol–water partition coefficient (Wildman–Crippen LogP) is 3.34. The Morgan fingerprint density at radius 3 is 2.74 bits per heavy atom. The van der Waals surface area contributed by atoms with Crippen LogP contribution in [0.4, 0.5) is 11.8 Å². The van der Waals surface area contributed by atoms with Gasteiger partial charge in [0, 0.05) is 18.2 Å². The Bertz CT molecular complexity index is 1560. The molecule has 3 heterocycles. The van der Waals surface area contributed by atoms with Gasteiger partial charge in [-0.05, 0) is 31.0 Å². The highest BCUT2D eigenvalue weighted by molar-refractivity contribution is 6.33. The van der Waals surface area contributed by atoms with Crippen LogP contribution in [0.2, 0.25) is 5.02 Å². The van der Waals surface area contributed by atoms with Crippen LogP contribution in [-0.2, 0) is 11.8 Å². The van der Waals surface area contributed by atoms with Gasteiger partial charge < -0.3 is 20.6 Å². The number of hydrogen-bond acceptors (Lipinski definition) is 8. The van der Waals surface area contributed by atoms with Gasteiger partial charge in [-0.2, -0.15) is 9.90 Å². The number of aryl methyl sites for hydroxylation is 2. The molecule has 2 aromatic carbocycles. The first-order valence-corrected chi connectivity index (χ1v) is 12.7. The van der Waals surface area contributed by atoms with Gasteiger partial charge >= 0.3 is 0 Å². The molecule has 0 bridgehead atoms. The van der Waals surface area contributed by atoms with Crippen LogP contribution < -0.4 is 10.6 Å². The SMILES string of the molecule is Cc1cccc([C@@H](CO)NC(=O)CN2C(=O)c3cc(-c4nc(Nc5cnn(C)n5)ncc4Cl)ccc3C2C)c1. The summed E-state index contributed by atoms with van der Waals surface area (Å²) in [5.41, 5.74) is 4.18. The molecule has 200 valence electrons. The molecule has 1 aliphatic heterocycles. The van der Waals surface area contributed by atoms with Crippen LogP contribution in [0.25, 0.3) is 11.3 Å². The molecule has 1 unspecified atom stereocenters. The number of amides is 2. The molecule has 2 atom stereocenters. The van der Waals surface area contributed by atoms with E-state index in [1.807, 2.05) is 50.2 Å². The van der Waals surface area contributed by atoms with E-state index in [-0.39, 0.29) is 37.0 Å². The zero-order valence-corrected chi connectivity index (χ0v) is 22.3.